The molecule has 0 radical (unpaired) electrons. The standard InChI is InChI=1S/C12H19FN2/c1-3-4-7-15(2)9-10-8-11(13)5-6-12(10)14/h5-6,8H,3-4,7,9,14H2,1-2H3. The van der Waals surface area contributed by atoms with E-state index in [4.69, 9.17) is 5.73 Å². The summed E-state index contributed by atoms with van der Waals surface area (Å²) in [6.07, 6.45) is 2.33. The molecule has 3 heteroatoms. The van der Waals surface area contributed by atoms with Crippen molar-refractivity contribution in [3.8, 4) is 0 Å². The number of halogens is 1. The second kappa shape index (κ2) is 5.71. The number of rotatable bonds is 5. The molecule has 0 aromatic heterocycles. The molecule has 2 N–H and O–H groups in total. The molecule has 15 heavy (non-hydrogen) atoms. The molecule has 1 rings (SSSR count). The van der Waals surface area contributed by atoms with Crippen LogP contribution in [0.2, 0.25) is 0 Å². The van der Waals surface area contributed by atoms with Crippen LogP contribution < -0.4 is 5.73 Å². The smallest absolute Gasteiger partial charge is 0.123 e. The highest BCUT2D eigenvalue weighted by Gasteiger charge is 2.04. The number of anilines is 1. The maximum atomic E-state index is 13.0. The first kappa shape index (κ1) is 12.0. The van der Waals surface area contributed by atoms with Crippen molar-refractivity contribution in [1.82, 2.24) is 4.90 Å². The average Bonchev–Trinajstić information content (AvgIpc) is 2.20. The molecule has 1 aromatic rings. The molecule has 0 spiro atoms. The van der Waals surface area contributed by atoms with Crippen molar-refractivity contribution in [3.05, 3.63) is 29.6 Å². The molecule has 0 fully saturated rings. The van der Waals surface area contributed by atoms with Gasteiger partial charge in [0.1, 0.15) is 5.82 Å². The van der Waals surface area contributed by atoms with Gasteiger partial charge in [-0.1, -0.05) is 13.3 Å². The minimum absolute atomic E-state index is 0.219. The Hall–Kier alpha value is -1.09. The van der Waals surface area contributed by atoms with Gasteiger partial charge in [0, 0.05) is 12.2 Å². The third-order valence-corrected chi connectivity index (χ3v) is 2.44. The van der Waals surface area contributed by atoms with Gasteiger partial charge < -0.3 is 10.6 Å². The maximum Gasteiger partial charge on any atom is 0.123 e. The number of unbranched alkanes of at least 4 members (excludes halogenated alkanes) is 1. The van der Waals surface area contributed by atoms with Gasteiger partial charge in [-0.25, -0.2) is 4.39 Å². The molecule has 0 amide bonds. The van der Waals surface area contributed by atoms with Crippen LogP contribution in [0.15, 0.2) is 18.2 Å². The van der Waals surface area contributed by atoms with Crippen molar-refractivity contribution in [3.63, 3.8) is 0 Å². The van der Waals surface area contributed by atoms with E-state index in [-0.39, 0.29) is 5.82 Å². The molecule has 84 valence electrons. The average molecular weight is 210 g/mol. The van der Waals surface area contributed by atoms with E-state index in [0.29, 0.717) is 12.2 Å². The lowest BCUT2D eigenvalue weighted by Crippen LogP contribution is -2.19. The third kappa shape index (κ3) is 3.88. The predicted octanol–water partition coefficient (Wildman–Crippen LogP) is 2.64. The van der Waals surface area contributed by atoms with E-state index in [1.54, 1.807) is 6.07 Å². The van der Waals surface area contributed by atoms with Gasteiger partial charge in [-0.15, -0.1) is 0 Å². The van der Waals surface area contributed by atoms with Crippen LogP contribution in [-0.4, -0.2) is 18.5 Å². The normalized spacial score (nSPS) is 10.9. The van der Waals surface area contributed by atoms with Crippen molar-refractivity contribution in [1.29, 1.82) is 0 Å². The lowest BCUT2D eigenvalue weighted by molar-refractivity contribution is 0.321. The van der Waals surface area contributed by atoms with E-state index in [1.807, 2.05) is 7.05 Å². The molecular weight excluding hydrogens is 191 g/mol. The Morgan fingerprint density at radius 2 is 2.13 bits per heavy atom. The summed E-state index contributed by atoms with van der Waals surface area (Å²) in [5, 5.41) is 0. The van der Waals surface area contributed by atoms with Crippen LogP contribution in [0.1, 0.15) is 25.3 Å². The molecule has 0 aliphatic rings. The molecule has 0 unspecified atom stereocenters. The van der Waals surface area contributed by atoms with Crippen LogP contribution in [-0.2, 0) is 6.54 Å². The Morgan fingerprint density at radius 3 is 2.80 bits per heavy atom. The summed E-state index contributed by atoms with van der Waals surface area (Å²) in [6, 6.07) is 4.53. The van der Waals surface area contributed by atoms with Gasteiger partial charge in [0.15, 0.2) is 0 Å². The lowest BCUT2D eigenvalue weighted by Gasteiger charge is -2.17. The summed E-state index contributed by atoms with van der Waals surface area (Å²) < 4.78 is 13.0. The van der Waals surface area contributed by atoms with Crippen LogP contribution in [0.25, 0.3) is 0 Å². The molecule has 0 saturated heterocycles. The number of hydrogen-bond acceptors (Lipinski definition) is 2. The zero-order chi connectivity index (χ0) is 11.3. The van der Waals surface area contributed by atoms with Gasteiger partial charge in [0.25, 0.3) is 0 Å². The first-order valence-corrected chi connectivity index (χ1v) is 5.36. The van der Waals surface area contributed by atoms with Gasteiger partial charge in [-0.2, -0.15) is 0 Å². The highest BCUT2D eigenvalue weighted by Crippen LogP contribution is 2.15. The van der Waals surface area contributed by atoms with Crippen molar-refractivity contribution < 1.29 is 4.39 Å². The number of nitrogen functional groups attached to an aromatic ring is 1. The molecule has 0 heterocycles. The summed E-state index contributed by atoms with van der Waals surface area (Å²) in [7, 11) is 2.03. The van der Waals surface area contributed by atoms with Gasteiger partial charge in [0.05, 0.1) is 0 Å². The largest absolute Gasteiger partial charge is 0.398 e. The zero-order valence-electron chi connectivity index (χ0n) is 9.46. The summed E-state index contributed by atoms with van der Waals surface area (Å²) in [4.78, 5) is 2.16. The minimum atomic E-state index is -0.219. The fraction of sp³-hybridized carbons (Fsp3) is 0.500. The summed E-state index contributed by atoms with van der Waals surface area (Å²) in [6.45, 7) is 3.89. The van der Waals surface area contributed by atoms with Crippen LogP contribution in [0, 0.1) is 5.82 Å². The monoisotopic (exact) mass is 210 g/mol. The van der Waals surface area contributed by atoms with Crippen molar-refractivity contribution >= 4 is 5.69 Å². The molecule has 0 aliphatic carbocycles. The van der Waals surface area contributed by atoms with Crippen LogP contribution in [0.5, 0.6) is 0 Å². The van der Waals surface area contributed by atoms with Gasteiger partial charge in [0.2, 0.25) is 0 Å². The van der Waals surface area contributed by atoms with E-state index in [0.717, 1.165) is 18.5 Å². The summed E-state index contributed by atoms with van der Waals surface area (Å²) in [5.41, 5.74) is 7.31. The SMILES string of the molecule is CCCCN(C)Cc1cc(F)ccc1N. The molecule has 0 bridgehead atoms. The second-order valence-electron chi connectivity index (χ2n) is 3.93. The highest BCUT2D eigenvalue weighted by atomic mass is 19.1. The van der Waals surface area contributed by atoms with Crippen LogP contribution in [0.4, 0.5) is 10.1 Å². The van der Waals surface area contributed by atoms with Crippen molar-refractivity contribution in [2.75, 3.05) is 19.3 Å². The molecule has 0 saturated carbocycles. The van der Waals surface area contributed by atoms with E-state index >= 15 is 0 Å². The Morgan fingerprint density at radius 1 is 1.40 bits per heavy atom. The Bertz CT molecular complexity index is 312. The fourth-order valence-electron chi connectivity index (χ4n) is 1.51. The van der Waals surface area contributed by atoms with Gasteiger partial charge >= 0.3 is 0 Å². The zero-order valence-corrected chi connectivity index (χ0v) is 9.46. The Labute approximate surface area is 90.9 Å². The summed E-state index contributed by atoms with van der Waals surface area (Å²) >= 11 is 0. The quantitative estimate of drug-likeness (QED) is 0.757. The fourth-order valence-corrected chi connectivity index (χ4v) is 1.51. The third-order valence-electron chi connectivity index (χ3n) is 2.44. The Kier molecular flexibility index (Phi) is 4.56. The number of nitrogens with two attached hydrogens (primary N) is 1. The second-order valence-corrected chi connectivity index (χ2v) is 3.93. The lowest BCUT2D eigenvalue weighted by atomic mass is 10.1. The topological polar surface area (TPSA) is 29.3 Å². The van der Waals surface area contributed by atoms with E-state index in [2.05, 4.69) is 11.8 Å². The summed E-state index contributed by atoms with van der Waals surface area (Å²) in [5.74, 6) is -0.219. The molecule has 0 aliphatic heterocycles. The number of nitrogens with zero attached hydrogens (tertiary/aromatic N) is 1. The first-order valence-electron chi connectivity index (χ1n) is 5.36. The number of hydrogen-bond donors (Lipinski definition) is 1. The predicted molar refractivity (Wildman–Crippen MR) is 62.1 cm³/mol. The van der Waals surface area contributed by atoms with Crippen molar-refractivity contribution in [2.45, 2.75) is 26.3 Å². The van der Waals surface area contributed by atoms with Crippen molar-refractivity contribution in [2.24, 2.45) is 0 Å². The van der Waals surface area contributed by atoms with E-state index < -0.39 is 0 Å². The van der Waals surface area contributed by atoms with E-state index in [9.17, 15) is 4.39 Å². The molecule has 1 aromatic carbocycles. The van der Waals surface area contributed by atoms with Crippen LogP contribution in [0.3, 0.4) is 0 Å². The highest BCUT2D eigenvalue weighted by molar-refractivity contribution is 5.46. The molecule has 0 atom stereocenters. The Balaban J connectivity index is 2.59. The molecule has 2 nitrogen and oxygen atoms in total. The number of benzene rings is 1. The maximum absolute atomic E-state index is 13.0. The first-order chi connectivity index (χ1) is 7.13. The van der Waals surface area contributed by atoms with Gasteiger partial charge in [-0.3, -0.25) is 0 Å². The van der Waals surface area contributed by atoms with Crippen LogP contribution >= 0.6 is 0 Å². The van der Waals surface area contributed by atoms with E-state index in [1.165, 1.54) is 18.6 Å². The van der Waals surface area contributed by atoms with Gasteiger partial charge in [-0.05, 0) is 43.8 Å². The minimum Gasteiger partial charge on any atom is -0.398 e. The molecular formula is C12H19FN2.